The third-order valence-corrected chi connectivity index (χ3v) is 3.72. The summed E-state index contributed by atoms with van der Waals surface area (Å²) in [5.41, 5.74) is 11.2. The highest BCUT2D eigenvalue weighted by Crippen LogP contribution is 2.11. The Balaban J connectivity index is 2.31. The van der Waals surface area contributed by atoms with E-state index < -0.39 is 23.8 Å². The number of unbranched alkanes of at least 4 members (excludes halogenated alkanes) is 2. The van der Waals surface area contributed by atoms with E-state index in [2.05, 4.69) is 16.0 Å². The zero-order valence-corrected chi connectivity index (χ0v) is 15.2. The molecule has 0 bridgehead atoms. The normalized spacial score (nSPS) is 11.3. The van der Waals surface area contributed by atoms with Crippen LogP contribution in [0.1, 0.15) is 37.3 Å². The lowest BCUT2D eigenvalue weighted by Crippen LogP contribution is -2.45. The molecule has 1 atom stereocenters. The average molecular weight is 377 g/mol. The Hall–Kier alpha value is -2.94. The van der Waals surface area contributed by atoms with Crippen molar-refractivity contribution in [3.05, 3.63) is 35.9 Å². The van der Waals surface area contributed by atoms with Crippen molar-refractivity contribution in [2.75, 3.05) is 19.6 Å². The number of benzene rings is 1. The molecule has 0 saturated carbocycles. The number of hydrogen-bond acceptors (Lipinski definition) is 5. The van der Waals surface area contributed by atoms with Crippen LogP contribution in [-0.2, 0) is 19.2 Å². The van der Waals surface area contributed by atoms with Crippen molar-refractivity contribution >= 4 is 23.6 Å². The molecule has 1 rings (SSSR count). The van der Waals surface area contributed by atoms with Gasteiger partial charge in [0.1, 0.15) is 6.04 Å². The summed E-state index contributed by atoms with van der Waals surface area (Å²) in [6, 6.07) is 7.56. The molecule has 0 heterocycles. The quantitative estimate of drug-likeness (QED) is 0.298. The second-order valence-electron chi connectivity index (χ2n) is 5.97. The number of amides is 4. The summed E-state index contributed by atoms with van der Waals surface area (Å²) in [6.07, 6.45) is 2.75. The maximum atomic E-state index is 11.9. The summed E-state index contributed by atoms with van der Waals surface area (Å²) in [7, 11) is 0. The van der Waals surface area contributed by atoms with Crippen molar-refractivity contribution in [3.63, 3.8) is 0 Å². The molecule has 0 aliphatic carbocycles. The van der Waals surface area contributed by atoms with Gasteiger partial charge < -0.3 is 27.4 Å². The lowest BCUT2D eigenvalue weighted by atomic mass is 10.1. The molecule has 0 radical (unpaired) electrons. The Morgan fingerprint density at radius 2 is 1.48 bits per heavy atom. The molecule has 0 aliphatic heterocycles. The molecule has 0 aromatic heterocycles. The first-order valence-electron chi connectivity index (χ1n) is 8.81. The fourth-order valence-corrected chi connectivity index (χ4v) is 2.29. The molecule has 7 N–H and O–H groups in total. The number of rotatable bonds is 12. The Morgan fingerprint density at radius 1 is 0.852 bits per heavy atom. The topological polar surface area (TPSA) is 156 Å². The molecule has 0 unspecified atom stereocenters. The van der Waals surface area contributed by atoms with Crippen molar-refractivity contribution in [3.8, 4) is 0 Å². The minimum absolute atomic E-state index is 0.221. The second-order valence-corrected chi connectivity index (χ2v) is 5.97. The average Bonchev–Trinajstić information content (AvgIpc) is 2.66. The molecule has 9 heteroatoms. The van der Waals surface area contributed by atoms with Crippen molar-refractivity contribution in [1.29, 1.82) is 0 Å². The first-order chi connectivity index (χ1) is 12.9. The van der Waals surface area contributed by atoms with Crippen LogP contribution in [0, 0.1) is 0 Å². The number of carbonyl (C=O) groups is 4. The van der Waals surface area contributed by atoms with Gasteiger partial charge >= 0.3 is 0 Å². The van der Waals surface area contributed by atoms with Crippen molar-refractivity contribution in [2.24, 2.45) is 11.5 Å². The van der Waals surface area contributed by atoms with E-state index in [1.54, 1.807) is 30.3 Å². The highest BCUT2D eigenvalue weighted by atomic mass is 16.2. The number of primary amides is 1. The standard InChI is InChI=1S/C18H27N5O4/c19-10-6-2-5-9-14(24)21-11-15(25)22-12-16(26)23-17(18(20)27)13-7-3-1-4-8-13/h1,3-4,7-8,17H,2,5-6,9-12,19H2,(H2,20,27)(H,21,24)(H,22,25)(H,23,26)/t17-/m0/s1. The Morgan fingerprint density at radius 3 is 2.11 bits per heavy atom. The van der Waals surface area contributed by atoms with Gasteiger partial charge in [-0.1, -0.05) is 36.8 Å². The smallest absolute Gasteiger partial charge is 0.244 e. The molecule has 0 aliphatic rings. The van der Waals surface area contributed by atoms with Crippen LogP contribution in [0.2, 0.25) is 0 Å². The number of hydrogen-bond donors (Lipinski definition) is 5. The molecule has 9 nitrogen and oxygen atoms in total. The molecule has 148 valence electrons. The summed E-state index contributed by atoms with van der Waals surface area (Å²) < 4.78 is 0. The fourth-order valence-electron chi connectivity index (χ4n) is 2.29. The van der Waals surface area contributed by atoms with E-state index in [1.807, 2.05) is 0 Å². The molecule has 1 aromatic carbocycles. The SMILES string of the molecule is NCCCCCC(=O)NCC(=O)NCC(=O)N[C@H](C(N)=O)c1ccccc1. The number of carbonyl (C=O) groups excluding carboxylic acids is 4. The molecule has 0 fully saturated rings. The molecule has 4 amide bonds. The molecular formula is C18H27N5O4. The minimum atomic E-state index is -0.983. The molecule has 27 heavy (non-hydrogen) atoms. The largest absolute Gasteiger partial charge is 0.368 e. The van der Waals surface area contributed by atoms with Crippen LogP contribution in [0.3, 0.4) is 0 Å². The minimum Gasteiger partial charge on any atom is -0.368 e. The van der Waals surface area contributed by atoms with Crippen LogP contribution >= 0.6 is 0 Å². The molecule has 0 spiro atoms. The number of nitrogens with two attached hydrogens (primary N) is 2. The first kappa shape index (κ1) is 22.1. The third kappa shape index (κ3) is 9.36. The van der Waals surface area contributed by atoms with Crippen molar-refractivity contribution in [1.82, 2.24) is 16.0 Å². The van der Waals surface area contributed by atoms with Gasteiger partial charge in [0.2, 0.25) is 23.6 Å². The van der Waals surface area contributed by atoms with Gasteiger partial charge in [0.25, 0.3) is 0 Å². The lowest BCUT2D eigenvalue weighted by Gasteiger charge is -2.16. The summed E-state index contributed by atoms with van der Waals surface area (Å²) in [4.78, 5) is 46.8. The Bertz CT molecular complexity index is 636. The number of nitrogens with one attached hydrogen (secondary N) is 3. The summed E-state index contributed by atoms with van der Waals surface area (Å²) in [5.74, 6) is -2.01. The Kier molecular flexibility index (Phi) is 10.2. The monoisotopic (exact) mass is 377 g/mol. The van der Waals surface area contributed by atoms with Crippen LogP contribution in [0.15, 0.2) is 30.3 Å². The summed E-state index contributed by atoms with van der Waals surface area (Å²) in [6.45, 7) is 0.0374. The van der Waals surface area contributed by atoms with Crippen LogP contribution in [0.25, 0.3) is 0 Å². The van der Waals surface area contributed by atoms with E-state index in [0.717, 1.165) is 12.8 Å². The molecule has 1 aromatic rings. The highest BCUT2D eigenvalue weighted by Gasteiger charge is 2.20. The van der Waals surface area contributed by atoms with Crippen LogP contribution < -0.4 is 27.4 Å². The maximum absolute atomic E-state index is 11.9. The van der Waals surface area contributed by atoms with E-state index in [9.17, 15) is 19.2 Å². The predicted octanol–water partition coefficient (Wildman–Crippen LogP) is -0.919. The second kappa shape index (κ2) is 12.4. The van der Waals surface area contributed by atoms with Gasteiger partial charge in [-0.25, -0.2) is 0 Å². The van der Waals surface area contributed by atoms with E-state index in [4.69, 9.17) is 11.5 Å². The third-order valence-electron chi connectivity index (χ3n) is 3.72. The first-order valence-corrected chi connectivity index (χ1v) is 8.81. The van der Waals surface area contributed by atoms with Gasteiger partial charge in [-0.3, -0.25) is 19.2 Å². The summed E-state index contributed by atoms with van der Waals surface area (Å²) >= 11 is 0. The van der Waals surface area contributed by atoms with Gasteiger partial charge in [0.05, 0.1) is 13.1 Å². The van der Waals surface area contributed by atoms with Crippen molar-refractivity contribution in [2.45, 2.75) is 31.7 Å². The predicted molar refractivity (Wildman–Crippen MR) is 100 cm³/mol. The molecular weight excluding hydrogens is 350 g/mol. The molecule has 0 saturated heterocycles. The van der Waals surface area contributed by atoms with Gasteiger partial charge in [-0.15, -0.1) is 0 Å². The van der Waals surface area contributed by atoms with Gasteiger partial charge in [-0.05, 0) is 24.9 Å². The van der Waals surface area contributed by atoms with Crippen LogP contribution in [-0.4, -0.2) is 43.3 Å². The maximum Gasteiger partial charge on any atom is 0.244 e. The Labute approximate surface area is 158 Å². The van der Waals surface area contributed by atoms with E-state index in [-0.39, 0.29) is 19.0 Å². The lowest BCUT2D eigenvalue weighted by molar-refractivity contribution is -0.129. The van der Waals surface area contributed by atoms with Gasteiger partial charge in [0, 0.05) is 6.42 Å². The fraction of sp³-hybridized carbons (Fsp3) is 0.444. The van der Waals surface area contributed by atoms with Gasteiger partial charge in [0.15, 0.2) is 0 Å². The zero-order valence-electron chi connectivity index (χ0n) is 15.2. The summed E-state index contributed by atoms with van der Waals surface area (Å²) in [5, 5.41) is 7.32. The van der Waals surface area contributed by atoms with Crippen LogP contribution in [0.5, 0.6) is 0 Å². The van der Waals surface area contributed by atoms with E-state index >= 15 is 0 Å². The zero-order chi connectivity index (χ0) is 20.1. The van der Waals surface area contributed by atoms with E-state index in [0.29, 0.717) is 24.9 Å². The van der Waals surface area contributed by atoms with E-state index in [1.165, 1.54) is 0 Å². The van der Waals surface area contributed by atoms with Crippen molar-refractivity contribution < 1.29 is 19.2 Å². The highest BCUT2D eigenvalue weighted by molar-refractivity contribution is 5.91. The van der Waals surface area contributed by atoms with Crippen LogP contribution in [0.4, 0.5) is 0 Å². The van der Waals surface area contributed by atoms with Gasteiger partial charge in [-0.2, -0.15) is 0 Å².